The second kappa shape index (κ2) is 4.67. The number of alkyl halides is 7. The third-order valence-electron chi connectivity index (χ3n) is 1.74. The Morgan fingerprint density at radius 2 is 1.59 bits per heavy atom. The molecule has 0 aromatic heterocycles. The van der Waals surface area contributed by atoms with Crippen LogP contribution in [0, 0.1) is 0 Å². The van der Waals surface area contributed by atoms with Gasteiger partial charge in [-0.05, 0) is 0 Å². The Balaban J connectivity index is 4.97. The molecule has 0 radical (unpaired) electrons. The van der Waals surface area contributed by atoms with Gasteiger partial charge in [-0.3, -0.25) is 0 Å². The quantitative estimate of drug-likeness (QED) is 0.626. The van der Waals surface area contributed by atoms with E-state index in [-0.39, 0.29) is 0 Å². The highest BCUT2D eigenvalue weighted by Gasteiger charge is 2.73. The molecule has 102 valence electrons. The lowest BCUT2D eigenvalue weighted by Gasteiger charge is -2.28. The van der Waals surface area contributed by atoms with Gasteiger partial charge in [0.15, 0.2) is 6.10 Å². The lowest BCUT2D eigenvalue weighted by atomic mass is 10.0. The maximum Gasteiger partial charge on any atom is 0.459 e. The first-order chi connectivity index (χ1) is 7.37. The van der Waals surface area contributed by atoms with Crippen molar-refractivity contribution in [3.05, 3.63) is 0 Å². The third-order valence-corrected chi connectivity index (χ3v) is 1.74. The number of aliphatic hydroxyl groups excluding tert-OH is 1. The number of carbonyl (C=O) groups is 1. The van der Waals surface area contributed by atoms with Gasteiger partial charge in [0, 0.05) is 0 Å². The monoisotopic (exact) mass is 272 g/mol. The predicted octanol–water partition coefficient (Wildman–Crippen LogP) is 1.74. The lowest BCUT2D eigenvalue weighted by molar-refractivity contribution is -0.357. The van der Waals surface area contributed by atoms with Crippen LogP contribution in [-0.4, -0.2) is 42.3 Å². The van der Waals surface area contributed by atoms with Gasteiger partial charge < -0.3 is 9.84 Å². The zero-order valence-corrected chi connectivity index (χ0v) is 8.19. The van der Waals surface area contributed by atoms with E-state index in [4.69, 9.17) is 5.11 Å². The van der Waals surface area contributed by atoms with Crippen LogP contribution in [0.25, 0.3) is 0 Å². The van der Waals surface area contributed by atoms with Gasteiger partial charge in [0.1, 0.15) is 0 Å². The molecule has 0 spiro atoms. The standard InChI is InChI=1S/C7H7F7O3/c1-17-4(16)3(15)2-5(8,9)6(10,11)7(12,13)14/h3,15H,2H2,1H3. The largest absolute Gasteiger partial charge is 0.467 e. The van der Waals surface area contributed by atoms with Crippen LogP contribution < -0.4 is 0 Å². The minimum absolute atomic E-state index is 0.644. The Morgan fingerprint density at radius 3 is 1.88 bits per heavy atom. The smallest absolute Gasteiger partial charge is 0.459 e. The average Bonchev–Trinajstić information content (AvgIpc) is 2.13. The molecule has 1 unspecified atom stereocenters. The highest BCUT2D eigenvalue weighted by molar-refractivity contribution is 5.74. The number of ether oxygens (including phenoxy) is 1. The van der Waals surface area contributed by atoms with Crippen molar-refractivity contribution in [3.8, 4) is 0 Å². The Bertz CT molecular complexity index is 286. The summed E-state index contributed by atoms with van der Waals surface area (Å²) in [5.41, 5.74) is 0. The van der Waals surface area contributed by atoms with Gasteiger partial charge >= 0.3 is 24.0 Å². The minimum Gasteiger partial charge on any atom is -0.467 e. The van der Waals surface area contributed by atoms with Crippen LogP contribution in [-0.2, 0) is 9.53 Å². The summed E-state index contributed by atoms with van der Waals surface area (Å²) in [4.78, 5) is 10.4. The molecule has 0 saturated carbocycles. The SMILES string of the molecule is COC(=O)C(O)CC(F)(F)C(F)(F)C(F)(F)F. The normalized spacial score (nSPS) is 15.6. The maximum absolute atomic E-state index is 12.6. The van der Waals surface area contributed by atoms with E-state index < -0.39 is 36.5 Å². The molecule has 0 heterocycles. The number of methoxy groups -OCH3 is 1. The Labute approximate surface area is 90.2 Å². The fraction of sp³-hybridized carbons (Fsp3) is 0.857. The summed E-state index contributed by atoms with van der Waals surface area (Å²) < 4.78 is 88.4. The fourth-order valence-electron chi connectivity index (χ4n) is 0.798. The van der Waals surface area contributed by atoms with Crippen molar-refractivity contribution in [1.82, 2.24) is 0 Å². The summed E-state index contributed by atoms with van der Waals surface area (Å²) in [7, 11) is 0.644. The molecule has 0 rings (SSSR count). The molecule has 10 heteroatoms. The number of rotatable bonds is 4. The molecule has 0 amide bonds. The summed E-state index contributed by atoms with van der Waals surface area (Å²) in [6.07, 6.45) is -11.7. The van der Waals surface area contributed by atoms with Gasteiger partial charge in [-0.1, -0.05) is 0 Å². The van der Waals surface area contributed by atoms with E-state index in [2.05, 4.69) is 4.74 Å². The second-order valence-electron chi connectivity index (χ2n) is 3.02. The first-order valence-corrected chi connectivity index (χ1v) is 3.95. The van der Waals surface area contributed by atoms with E-state index in [1.807, 2.05) is 0 Å². The number of hydrogen-bond acceptors (Lipinski definition) is 3. The summed E-state index contributed by atoms with van der Waals surface area (Å²) in [6, 6.07) is 0. The first-order valence-electron chi connectivity index (χ1n) is 3.95. The Morgan fingerprint density at radius 1 is 1.18 bits per heavy atom. The molecule has 0 aliphatic heterocycles. The van der Waals surface area contributed by atoms with Crippen molar-refractivity contribution in [2.24, 2.45) is 0 Å². The highest BCUT2D eigenvalue weighted by atomic mass is 19.4. The summed E-state index contributed by atoms with van der Waals surface area (Å²) in [5.74, 6) is -13.7. The van der Waals surface area contributed by atoms with Crippen LogP contribution >= 0.6 is 0 Å². The van der Waals surface area contributed by atoms with Gasteiger partial charge in [0.2, 0.25) is 0 Å². The van der Waals surface area contributed by atoms with E-state index >= 15 is 0 Å². The topological polar surface area (TPSA) is 46.5 Å². The Kier molecular flexibility index (Phi) is 4.38. The van der Waals surface area contributed by atoms with Crippen molar-refractivity contribution < 1.29 is 45.4 Å². The highest BCUT2D eigenvalue weighted by Crippen LogP contribution is 2.48. The molecular formula is C7H7F7O3. The lowest BCUT2D eigenvalue weighted by Crippen LogP contribution is -2.53. The zero-order valence-electron chi connectivity index (χ0n) is 8.19. The van der Waals surface area contributed by atoms with Crippen LogP contribution in [0.4, 0.5) is 30.7 Å². The van der Waals surface area contributed by atoms with Gasteiger partial charge in [0.05, 0.1) is 13.5 Å². The van der Waals surface area contributed by atoms with E-state index in [0.29, 0.717) is 7.11 Å². The molecule has 3 nitrogen and oxygen atoms in total. The van der Waals surface area contributed by atoms with E-state index in [9.17, 15) is 35.5 Å². The maximum atomic E-state index is 12.6. The van der Waals surface area contributed by atoms with Crippen LogP contribution in [0.3, 0.4) is 0 Å². The molecule has 17 heavy (non-hydrogen) atoms. The van der Waals surface area contributed by atoms with E-state index in [1.54, 1.807) is 0 Å². The van der Waals surface area contributed by atoms with Crippen molar-refractivity contribution in [3.63, 3.8) is 0 Å². The summed E-state index contributed by atoms with van der Waals surface area (Å²) in [5, 5.41) is 8.63. The molecule has 0 aliphatic carbocycles. The molecule has 0 aromatic rings. The third kappa shape index (κ3) is 3.20. The van der Waals surface area contributed by atoms with Crippen molar-refractivity contribution in [2.75, 3.05) is 7.11 Å². The summed E-state index contributed by atoms with van der Waals surface area (Å²) >= 11 is 0. The van der Waals surface area contributed by atoms with Crippen LogP contribution in [0.2, 0.25) is 0 Å². The molecular weight excluding hydrogens is 265 g/mol. The molecule has 0 fully saturated rings. The van der Waals surface area contributed by atoms with E-state index in [0.717, 1.165) is 0 Å². The molecule has 0 aliphatic rings. The number of aliphatic hydroxyl groups is 1. The zero-order chi connectivity index (χ0) is 14.1. The molecule has 1 N–H and O–H groups in total. The summed E-state index contributed by atoms with van der Waals surface area (Å²) in [6.45, 7) is 0. The number of carbonyl (C=O) groups excluding carboxylic acids is 1. The van der Waals surface area contributed by atoms with Gasteiger partial charge in [-0.25, -0.2) is 4.79 Å². The number of halogens is 7. The van der Waals surface area contributed by atoms with Crippen LogP contribution in [0.5, 0.6) is 0 Å². The molecule has 0 aromatic carbocycles. The van der Waals surface area contributed by atoms with E-state index in [1.165, 1.54) is 0 Å². The Hall–Kier alpha value is -1.06. The fourth-order valence-corrected chi connectivity index (χ4v) is 0.798. The van der Waals surface area contributed by atoms with Gasteiger partial charge in [-0.2, -0.15) is 30.7 Å². The van der Waals surface area contributed by atoms with Gasteiger partial charge in [0.25, 0.3) is 0 Å². The predicted molar refractivity (Wildman–Crippen MR) is 38.6 cm³/mol. The number of hydrogen-bond donors (Lipinski definition) is 1. The molecule has 1 atom stereocenters. The van der Waals surface area contributed by atoms with Crippen LogP contribution in [0.1, 0.15) is 6.42 Å². The van der Waals surface area contributed by atoms with Crippen molar-refractivity contribution >= 4 is 5.97 Å². The average molecular weight is 272 g/mol. The second-order valence-corrected chi connectivity index (χ2v) is 3.02. The van der Waals surface area contributed by atoms with Crippen molar-refractivity contribution in [2.45, 2.75) is 30.5 Å². The van der Waals surface area contributed by atoms with Gasteiger partial charge in [-0.15, -0.1) is 0 Å². The minimum atomic E-state index is -6.49. The number of esters is 1. The van der Waals surface area contributed by atoms with Crippen molar-refractivity contribution in [1.29, 1.82) is 0 Å². The molecule has 0 bridgehead atoms. The molecule has 0 saturated heterocycles. The first kappa shape index (κ1) is 15.9. The van der Waals surface area contributed by atoms with Crippen LogP contribution in [0.15, 0.2) is 0 Å².